The van der Waals surface area contributed by atoms with Gasteiger partial charge in [0, 0.05) is 22.7 Å². The molecule has 2 aromatic carbocycles. The molecule has 0 aliphatic rings. The molecule has 0 saturated carbocycles. The van der Waals surface area contributed by atoms with Crippen LogP contribution in [0.15, 0.2) is 46.4 Å². The number of unbranched alkanes of at least 4 members (excludes halogenated alkanes) is 15. The zero-order chi connectivity index (χ0) is 30.3. The molecule has 0 aromatic heterocycles. The van der Waals surface area contributed by atoms with Crippen molar-refractivity contribution in [2.24, 2.45) is 9.98 Å². The summed E-state index contributed by atoms with van der Waals surface area (Å²) in [6.45, 7) is 11.2. The van der Waals surface area contributed by atoms with Crippen LogP contribution >= 0.6 is 0 Å². The summed E-state index contributed by atoms with van der Waals surface area (Å²) in [5.74, 6) is 0. The van der Waals surface area contributed by atoms with Crippen molar-refractivity contribution in [2.75, 3.05) is 0 Å². The molecular formula is C40H64N2Ni. The smallest absolute Gasteiger partial charge is 0.0639 e. The molecule has 43 heavy (non-hydrogen) atoms. The van der Waals surface area contributed by atoms with E-state index in [0.717, 1.165) is 49.2 Å². The molecule has 0 heterocycles. The fraction of sp³-hybridized carbons (Fsp3) is 0.650. The zero-order valence-electron chi connectivity index (χ0n) is 28.6. The van der Waals surface area contributed by atoms with Gasteiger partial charge in [-0.2, -0.15) is 0 Å². The quantitative estimate of drug-likeness (QED) is 0.0626. The van der Waals surface area contributed by atoms with Crippen molar-refractivity contribution in [2.45, 2.75) is 169 Å². The van der Waals surface area contributed by atoms with Crippen LogP contribution in [0.25, 0.3) is 0 Å². The van der Waals surface area contributed by atoms with Crippen LogP contribution in [0, 0.1) is 0 Å². The van der Waals surface area contributed by atoms with Gasteiger partial charge in [-0.3, -0.25) is 9.98 Å². The minimum absolute atomic E-state index is 0. The molecule has 0 amide bonds. The van der Waals surface area contributed by atoms with Crippen LogP contribution < -0.4 is 0 Å². The third-order valence-electron chi connectivity index (χ3n) is 8.63. The zero-order valence-corrected chi connectivity index (χ0v) is 29.6. The first-order valence-electron chi connectivity index (χ1n) is 18.0. The SMILES string of the molecule is CCCCCCCCCCCCCCCCCCC(C=Nc1cc(CC)cc(CC)c1)=Nc1cc(CC)cc(CC)c1.[Ni]. The van der Waals surface area contributed by atoms with Crippen LogP contribution in [-0.4, -0.2) is 11.9 Å². The maximum absolute atomic E-state index is 5.15. The maximum atomic E-state index is 5.15. The van der Waals surface area contributed by atoms with Gasteiger partial charge in [-0.15, -0.1) is 0 Å². The molecule has 0 spiro atoms. The Morgan fingerprint density at radius 2 is 0.814 bits per heavy atom. The van der Waals surface area contributed by atoms with Crippen molar-refractivity contribution in [1.82, 2.24) is 0 Å². The molecule has 0 saturated heterocycles. The second-order valence-electron chi connectivity index (χ2n) is 12.3. The normalized spacial score (nSPS) is 11.8. The molecule has 2 rings (SSSR count). The largest absolute Gasteiger partial charge is 0.255 e. The third kappa shape index (κ3) is 18.0. The van der Waals surface area contributed by atoms with E-state index in [1.807, 2.05) is 6.21 Å². The van der Waals surface area contributed by atoms with E-state index in [9.17, 15) is 0 Å². The Morgan fingerprint density at radius 3 is 1.19 bits per heavy atom. The number of hydrogen-bond donors (Lipinski definition) is 0. The molecule has 2 aromatic rings. The van der Waals surface area contributed by atoms with E-state index in [-0.39, 0.29) is 16.5 Å². The number of aliphatic imine (C=N–C) groups is 2. The molecule has 0 aliphatic heterocycles. The van der Waals surface area contributed by atoms with E-state index < -0.39 is 0 Å². The number of aryl methyl sites for hydroxylation is 4. The van der Waals surface area contributed by atoms with Crippen molar-refractivity contribution in [3.63, 3.8) is 0 Å². The van der Waals surface area contributed by atoms with E-state index in [2.05, 4.69) is 71.0 Å². The van der Waals surface area contributed by atoms with Gasteiger partial charge in [0.15, 0.2) is 0 Å². The standard InChI is InChI=1S/C40H64N2.Ni/c1-6-11-12-13-14-15-16-17-18-19-20-21-22-23-24-25-26-38(42-40-31-36(9-4)28-37(10-5)32-40)33-41-39-29-34(7-2)27-35(8-3)30-39;/h27-33H,6-26H2,1-5H3;. The Hall–Kier alpha value is -1.73. The van der Waals surface area contributed by atoms with Gasteiger partial charge < -0.3 is 0 Å². The Morgan fingerprint density at radius 1 is 0.465 bits per heavy atom. The summed E-state index contributed by atoms with van der Waals surface area (Å²) in [6, 6.07) is 13.6. The molecule has 244 valence electrons. The minimum Gasteiger partial charge on any atom is -0.255 e. The van der Waals surface area contributed by atoms with E-state index in [0.29, 0.717) is 0 Å². The van der Waals surface area contributed by atoms with E-state index >= 15 is 0 Å². The second-order valence-corrected chi connectivity index (χ2v) is 12.3. The van der Waals surface area contributed by atoms with Crippen molar-refractivity contribution < 1.29 is 16.5 Å². The fourth-order valence-electron chi connectivity index (χ4n) is 5.76. The number of nitrogens with zero attached hydrogens (tertiary/aromatic N) is 2. The molecule has 3 heteroatoms. The minimum atomic E-state index is 0. The molecule has 0 aliphatic carbocycles. The maximum Gasteiger partial charge on any atom is 0.0639 e. The van der Waals surface area contributed by atoms with Gasteiger partial charge in [0.1, 0.15) is 0 Å². The van der Waals surface area contributed by atoms with Crippen LogP contribution in [0.4, 0.5) is 11.4 Å². The molecule has 0 atom stereocenters. The fourth-order valence-corrected chi connectivity index (χ4v) is 5.76. The molecule has 0 N–H and O–H groups in total. The molecule has 0 fully saturated rings. The van der Waals surface area contributed by atoms with Crippen LogP contribution in [0.2, 0.25) is 0 Å². The Labute approximate surface area is 277 Å². The van der Waals surface area contributed by atoms with Crippen molar-refractivity contribution in [1.29, 1.82) is 0 Å². The predicted octanol–water partition coefficient (Wildman–Crippen LogP) is 13.1. The summed E-state index contributed by atoms with van der Waals surface area (Å²) in [7, 11) is 0. The summed E-state index contributed by atoms with van der Waals surface area (Å²) in [6.07, 6.45) is 29.5. The number of rotatable bonds is 24. The second kappa shape index (κ2) is 25.6. The first kappa shape index (κ1) is 39.3. The summed E-state index contributed by atoms with van der Waals surface area (Å²) < 4.78 is 0. The first-order valence-corrected chi connectivity index (χ1v) is 18.0. The van der Waals surface area contributed by atoms with Gasteiger partial charge in [-0.25, -0.2) is 0 Å². The monoisotopic (exact) mass is 630 g/mol. The Bertz CT molecular complexity index is 994. The van der Waals surface area contributed by atoms with E-state index in [1.165, 1.54) is 125 Å². The van der Waals surface area contributed by atoms with Crippen molar-refractivity contribution in [3.05, 3.63) is 58.7 Å². The van der Waals surface area contributed by atoms with E-state index in [4.69, 9.17) is 9.98 Å². The van der Waals surface area contributed by atoms with E-state index in [1.54, 1.807) is 0 Å². The first-order chi connectivity index (χ1) is 20.6. The average molecular weight is 632 g/mol. The predicted molar refractivity (Wildman–Crippen MR) is 190 cm³/mol. The summed E-state index contributed by atoms with van der Waals surface area (Å²) >= 11 is 0. The van der Waals surface area contributed by atoms with Gasteiger partial charge in [-0.05, 0) is 85.0 Å². The average Bonchev–Trinajstić information content (AvgIpc) is 3.02. The van der Waals surface area contributed by atoms with Gasteiger partial charge in [-0.1, -0.05) is 143 Å². The molecular weight excluding hydrogens is 567 g/mol. The van der Waals surface area contributed by atoms with Gasteiger partial charge in [0.25, 0.3) is 0 Å². The van der Waals surface area contributed by atoms with Crippen LogP contribution in [-0.2, 0) is 42.2 Å². The van der Waals surface area contributed by atoms with Gasteiger partial charge in [0.2, 0.25) is 0 Å². The third-order valence-corrected chi connectivity index (χ3v) is 8.63. The Balaban J connectivity index is 0.00000924. The number of hydrogen-bond acceptors (Lipinski definition) is 2. The molecule has 0 bridgehead atoms. The molecule has 0 radical (unpaired) electrons. The van der Waals surface area contributed by atoms with Gasteiger partial charge >= 0.3 is 0 Å². The molecule has 0 unspecified atom stereocenters. The topological polar surface area (TPSA) is 24.7 Å². The van der Waals surface area contributed by atoms with Crippen molar-refractivity contribution in [3.8, 4) is 0 Å². The summed E-state index contributed by atoms with van der Waals surface area (Å²) in [5.41, 5.74) is 8.71. The van der Waals surface area contributed by atoms with Crippen molar-refractivity contribution >= 4 is 23.3 Å². The van der Waals surface area contributed by atoms with Crippen LogP contribution in [0.5, 0.6) is 0 Å². The summed E-state index contributed by atoms with van der Waals surface area (Å²) in [5, 5.41) is 0. The Kier molecular flexibility index (Phi) is 23.4. The van der Waals surface area contributed by atoms with Gasteiger partial charge in [0.05, 0.1) is 17.1 Å². The number of benzene rings is 2. The summed E-state index contributed by atoms with van der Waals surface area (Å²) in [4.78, 5) is 10.1. The molecule has 2 nitrogen and oxygen atoms in total. The van der Waals surface area contributed by atoms with Crippen LogP contribution in [0.3, 0.4) is 0 Å². The van der Waals surface area contributed by atoms with Crippen LogP contribution in [0.1, 0.15) is 166 Å².